The van der Waals surface area contributed by atoms with Crippen molar-refractivity contribution in [3.63, 3.8) is 0 Å². The van der Waals surface area contributed by atoms with Crippen LogP contribution in [-0.2, 0) is 4.74 Å². The van der Waals surface area contributed by atoms with Crippen LogP contribution < -0.4 is 0 Å². The van der Waals surface area contributed by atoms with Crippen LogP contribution in [0.3, 0.4) is 0 Å². The highest BCUT2D eigenvalue weighted by atomic mass is 16.5. The Kier molecular flexibility index (Phi) is 21.4. The fourth-order valence-corrected chi connectivity index (χ4v) is 0.289. The highest BCUT2D eigenvalue weighted by molar-refractivity contribution is 4.19. The summed E-state index contributed by atoms with van der Waals surface area (Å²) in [5.74, 6) is 0. The topological polar surface area (TPSA) is 9.23 Å². The van der Waals surface area contributed by atoms with E-state index in [1.165, 1.54) is 0 Å². The lowest BCUT2D eigenvalue weighted by atomic mass is 10.5. The fourth-order valence-electron chi connectivity index (χ4n) is 0.289. The monoisotopic (exact) mass is 118 g/mol. The normalized spacial score (nSPS) is 7.50. The second-order valence-corrected chi connectivity index (χ2v) is 1.20. The molecule has 0 radical (unpaired) electrons. The Hall–Kier alpha value is -0.0400. The van der Waals surface area contributed by atoms with E-state index in [1.54, 1.807) is 0 Å². The van der Waals surface area contributed by atoms with Crippen molar-refractivity contribution in [3.05, 3.63) is 0 Å². The Morgan fingerprint density at radius 3 is 1.75 bits per heavy atom. The molecule has 0 aromatic heterocycles. The molecule has 0 aliphatic carbocycles. The Morgan fingerprint density at radius 2 is 1.62 bits per heavy atom. The van der Waals surface area contributed by atoms with E-state index in [-0.39, 0.29) is 0 Å². The zero-order valence-electron chi connectivity index (χ0n) is 6.53. The Morgan fingerprint density at radius 1 is 1.12 bits per heavy atom. The van der Waals surface area contributed by atoms with Crippen molar-refractivity contribution in [1.29, 1.82) is 0 Å². The molecule has 0 aliphatic heterocycles. The summed E-state index contributed by atoms with van der Waals surface area (Å²) in [6.45, 7) is 9.88. The van der Waals surface area contributed by atoms with Gasteiger partial charge in [-0.1, -0.05) is 20.8 Å². The van der Waals surface area contributed by atoms with Gasteiger partial charge in [-0.25, -0.2) is 0 Å². The van der Waals surface area contributed by atoms with Crippen molar-refractivity contribution < 1.29 is 4.74 Å². The average molecular weight is 118 g/mol. The van der Waals surface area contributed by atoms with Crippen molar-refractivity contribution in [2.75, 3.05) is 13.2 Å². The van der Waals surface area contributed by atoms with Gasteiger partial charge in [0.15, 0.2) is 0 Å². The predicted molar refractivity (Wildman–Crippen MR) is 38.1 cm³/mol. The maximum Gasteiger partial charge on any atom is 0.0463 e. The van der Waals surface area contributed by atoms with Crippen molar-refractivity contribution in [2.45, 2.75) is 34.1 Å². The lowest BCUT2D eigenvalue weighted by molar-refractivity contribution is 0.148. The molecule has 0 rings (SSSR count). The molecular formula is C7H18O. The van der Waals surface area contributed by atoms with Crippen molar-refractivity contribution >= 4 is 0 Å². The zero-order valence-corrected chi connectivity index (χ0v) is 6.53. The molecule has 0 aromatic carbocycles. The number of hydrogen-bond acceptors (Lipinski definition) is 1. The third-order valence-electron chi connectivity index (χ3n) is 0.553. The first-order valence-electron chi connectivity index (χ1n) is 3.49. The molecule has 1 heteroatoms. The van der Waals surface area contributed by atoms with Gasteiger partial charge >= 0.3 is 0 Å². The van der Waals surface area contributed by atoms with Gasteiger partial charge in [-0.05, 0) is 13.3 Å². The van der Waals surface area contributed by atoms with E-state index in [1.807, 2.05) is 20.8 Å². The Balaban J connectivity index is 0. The van der Waals surface area contributed by atoms with Gasteiger partial charge in [0.2, 0.25) is 0 Å². The molecule has 0 atom stereocenters. The van der Waals surface area contributed by atoms with Crippen molar-refractivity contribution in [1.82, 2.24) is 0 Å². The highest BCUT2D eigenvalue weighted by Gasteiger charge is 1.72. The van der Waals surface area contributed by atoms with Gasteiger partial charge in [0.1, 0.15) is 0 Å². The Labute approximate surface area is 53.0 Å². The predicted octanol–water partition coefficient (Wildman–Crippen LogP) is 2.46. The van der Waals surface area contributed by atoms with Crippen LogP contribution in [0.2, 0.25) is 0 Å². The average Bonchev–Trinajstić information content (AvgIpc) is 1.88. The third-order valence-corrected chi connectivity index (χ3v) is 0.553. The number of hydrogen-bond donors (Lipinski definition) is 0. The molecule has 0 spiro atoms. The summed E-state index contributed by atoms with van der Waals surface area (Å²) in [6.07, 6.45) is 1.13. The van der Waals surface area contributed by atoms with Crippen LogP contribution in [-0.4, -0.2) is 13.2 Å². The molecule has 0 aliphatic rings. The second-order valence-electron chi connectivity index (χ2n) is 1.20. The SMILES string of the molecule is CC.CCCOCC. The van der Waals surface area contributed by atoms with Crippen LogP contribution >= 0.6 is 0 Å². The summed E-state index contributed by atoms with van der Waals surface area (Å²) in [5, 5.41) is 0. The molecule has 0 amide bonds. The standard InChI is InChI=1S/C5H12O.C2H6/c1-3-5-6-4-2;1-2/h3-5H2,1-2H3;1-2H3. The molecule has 0 unspecified atom stereocenters. The molecular weight excluding hydrogens is 100 g/mol. The Bertz CT molecular complexity index is 16.3. The molecule has 0 bridgehead atoms. The highest BCUT2D eigenvalue weighted by Crippen LogP contribution is 1.75. The van der Waals surface area contributed by atoms with E-state index in [2.05, 4.69) is 6.92 Å². The summed E-state index contributed by atoms with van der Waals surface area (Å²) in [5.41, 5.74) is 0. The van der Waals surface area contributed by atoms with E-state index in [9.17, 15) is 0 Å². The summed E-state index contributed by atoms with van der Waals surface area (Å²) in [6, 6.07) is 0. The zero-order chi connectivity index (χ0) is 6.83. The van der Waals surface area contributed by atoms with Crippen LogP contribution in [0.15, 0.2) is 0 Å². The molecule has 0 saturated heterocycles. The van der Waals surface area contributed by atoms with Crippen LogP contribution in [0.5, 0.6) is 0 Å². The summed E-state index contributed by atoms with van der Waals surface area (Å²) in [4.78, 5) is 0. The smallest absolute Gasteiger partial charge is 0.0463 e. The van der Waals surface area contributed by atoms with E-state index in [0.29, 0.717) is 0 Å². The quantitative estimate of drug-likeness (QED) is 0.517. The van der Waals surface area contributed by atoms with Gasteiger partial charge in [0.25, 0.3) is 0 Å². The second kappa shape index (κ2) is 15.8. The summed E-state index contributed by atoms with van der Waals surface area (Å²) < 4.78 is 4.98. The molecule has 0 heterocycles. The van der Waals surface area contributed by atoms with Crippen LogP contribution in [0.1, 0.15) is 34.1 Å². The number of ether oxygens (including phenoxy) is 1. The maximum absolute atomic E-state index is 4.98. The first kappa shape index (κ1) is 10.9. The van der Waals surface area contributed by atoms with Gasteiger partial charge in [-0.15, -0.1) is 0 Å². The van der Waals surface area contributed by atoms with E-state index in [4.69, 9.17) is 4.74 Å². The van der Waals surface area contributed by atoms with Gasteiger partial charge in [0.05, 0.1) is 0 Å². The maximum atomic E-state index is 4.98. The third kappa shape index (κ3) is 16.7. The van der Waals surface area contributed by atoms with Crippen molar-refractivity contribution in [2.24, 2.45) is 0 Å². The van der Waals surface area contributed by atoms with E-state index >= 15 is 0 Å². The lowest BCUT2D eigenvalue weighted by Crippen LogP contribution is -1.88. The molecule has 0 saturated carbocycles. The van der Waals surface area contributed by atoms with Crippen LogP contribution in [0.4, 0.5) is 0 Å². The molecule has 0 N–H and O–H groups in total. The number of rotatable bonds is 3. The largest absolute Gasteiger partial charge is 0.382 e. The summed E-state index contributed by atoms with van der Waals surface area (Å²) in [7, 11) is 0. The minimum atomic E-state index is 0.855. The van der Waals surface area contributed by atoms with Gasteiger partial charge in [0, 0.05) is 13.2 Å². The van der Waals surface area contributed by atoms with E-state index in [0.717, 1.165) is 19.6 Å². The van der Waals surface area contributed by atoms with Gasteiger partial charge in [-0.2, -0.15) is 0 Å². The molecule has 1 nitrogen and oxygen atoms in total. The molecule has 0 aromatic rings. The van der Waals surface area contributed by atoms with Crippen molar-refractivity contribution in [3.8, 4) is 0 Å². The van der Waals surface area contributed by atoms with Gasteiger partial charge < -0.3 is 4.74 Å². The van der Waals surface area contributed by atoms with E-state index < -0.39 is 0 Å². The lowest BCUT2D eigenvalue weighted by Gasteiger charge is -1.91. The molecule has 0 fully saturated rings. The fraction of sp³-hybridized carbons (Fsp3) is 1.00. The molecule has 52 valence electrons. The summed E-state index contributed by atoms with van der Waals surface area (Å²) >= 11 is 0. The van der Waals surface area contributed by atoms with Crippen LogP contribution in [0, 0.1) is 0 Å². The molecule has 8 heavy (non-hydrogen) atoms. The minimum absolute atomic E-state index is 0.855. The first-order chi connectivity index (χ1) is 3.91. The van der Waals surface area contributed by atoms with Gasteiger partial charge in [-0.3, -0.25) is 0 Å². The minimum Gasteiger partial charge on any atom is -0.382 e. The van der Waals surface area contributed by atoms with Crippen LogP contribution in [0.25, 0.3) is 0 Å². The first-order valence-corrected chi connectivity index (χ1v) is 3.49.